The molecule has 0 radical (unpaired) electrons. The number of phenolic OH excluding ortho intramolecular Hbond substituents is 1. The van der Waals surface area contributed by atoms with Gasteiger partial charge < -0.3 is 39.4 Å². The summed E-state index contributed by atoms with van der Waals surface area (Å²) in [6, 6.07) is 13.8. The van der Waals surface area contributed by atoms with Gasteiger partial charge in [0.25, 0.3) is 5.91 Å². The van der Waals surface area contributed by atoms with E-state index < -0.39 is 35.3 Å². The lowest BCUT2D eigenvalue weighted by Gasteiger charge is -2.36. The van der Waals surface area contributed by atoms with Crippen LogP contribution in [-0.2, 0) is 52.8 Å². The van der Waals surface area contributed by atoms with E-state index in [1.54, 1.807) is 25.4 Å². The molecule has 0 aliphatic carbocycles. The first kappa shape index (κ1) is 47.2. The highest BCUT2D eigenvalue weighted by atomic mass is 16.5. The van der Waals surface area contributed by atoms with E-state index in [4.69, 9.17) is 19.2 Å². The second-order valence-electron chi connectivity index (χ2n) is 19.7. The molecule has 2 aromatic carbocycles. The van der Waals surface area contributed by atoms with Crippen LogP contribution in [0.5, 0.6) is 5.75 Å². The van der Waals surface area contributed by atoms with Crippen molar-refractivity contribution in [2.45, 2.75) is 117 Å². The fraction of sp³-hybridized carbons (Fsp3) is 0.549. The lowest BCUT2D eigenvalue weighted by molar-refractivity contribution is -0.155. The molecule has 3 amide bonds. The fourth-order valence-corrected chi connectivity index (χ4v) is 9.85. The second-order valence-corrected chi connectivity index (χ2v) is 19.7. The summed E-state index contributed by atoms with van der Waals surface area (Å²) >= 11 is 0. The molecule has 8 rings (SSSR count). The number of carbonyl (C=O) groups is 4. The molecule has 15 nitrogen and oxygen atoms in total. The number of ether oxygens (including phenoxy) is 3. The van der Waals surface area contributed by atoms with E-state index in [0.717, 1.165) is 51.1 Å². The summed E-state index contributed by atoms with van der Waals surface area (Å²) in [5, 5.41) is 20.0. The summed E-state index contributed by atoms with van der Waals surface area (Å²) in [4.78, 5) is 62.2. The molecule has 66 heavy (non-hydrogen) atoms. The molecular weight excluding hydrogens is 839 g/mol. The maximum absolute atomic E-state index is 14.7. The van der Waals surface area contributed by atoms with E-state index in [9.17, 15) is 24.3 Å². The van der Waals surface area contributed by atoms with Crippen LogP contribution in [0.1, 0.15) is 90.2 Å². The average Bonchev–Trinajstić information content (AvgIpc) is 4.12. The van der Waals surface area contributed by atoms with Crippen LogP contribution >= 0.6 is 0 Å². The smallest absolute Gasteiger partial charge is 0.324 e. The summed E-state index contributed by atoms with van der Waals surface area (Å²) in [6.07, 6.45) is 4.47. The molecule has 4 N–H and O–H groups in total. The predicted octanol–water partition coefficient (Wildman–Crippen LogP) is 5.70. The number of cyclic esters (lactones) is 1. The number of nitrogens with zero attached hydrogens (tertiary/aromatic N) is 4. The molecule has 3 fully saturated rings. The van der Waals surface area contributed by atoms with Crippen LogP contribution < -0.4 is 16.1 Å². The number of amides is 3. The highest BCUT2D eigenvalue weighted by Crippen LogP contribution is 2.42. The minimum Gasteiger partial charge on any atom is -0.508 e. The number of hydrogen-bond acceptors (Lipinski definition) is 11. The predicted molar refractivity (Wildman–Crippen MR) is 251 cm³/mol. The van der Waals surface area contributed by atoms with Gasteiger partial charge in [-0.3, -0.25) is 29.2 Å². The van der Waals surface area contributed by atoms with Gasteiger partial charge in [-0.1, -0.05) is 39.8 Å². The van der Waals surface area contributed by atoms with Crippen molar-refractivity contribution in [1.82, 2.24) is 35.5 Å². The zero-order valence-corrected chi connectivity index (χ0v) is 39.5. The van der Waals surface area contributed by atoms with Crippen molar-refractivity contribution in [3.8, 4) is 28.1 Å². The lowest BCUT2D eigenvalue weighted by Crippen LogP contribution is -2.61. The molecule has 2 aromatic heterocycles. The molecule has 354 valence electrons. The monoisotopic (exact) mass is 906 g/mol. The molecule has 3 saturated heterocycles. The number of aryl methyl sites for hydroxylation is 1. The summed E-state index contributed by atoms with van der Waals surface area (Å²) in [6.45, 7) is 15.5. The first-order valence-corrected chi connectivity index (χ1v) is 23.8. The number of fused-ring (bicyclic) bond motifs is 6. The Bertz CT molecular complexity index is 2440. The Balaban J connectivity index is 1.14. The topological polar surface area (TPSA) is 186 Å². The molecule has 5 atom stereocenters. The summed E-state index contributed by atoms with van der Waals surface area (Å²) in [5.41, 5.74) is 9.85. The number of aromatic hydroxyl groups is 1. The standard InChI is InChI=1S/C51H67N7O8/c1-8-57-44-14-13-33-25-38(44)39(46(57)37-11-9-17-52-45(37)31(4)64-7)26-51(5,6)29-66-50(63)41-12-10-18-58(55-41)49(62)42(23-32-21-34(33)24-35(59)22-32)54-47(60)40(30(2)3)28-65-36-15-19-56(20-16-36)48(61)43-27-53-43/h9,11,13-14,17,21-22,24-25,30-31,36,40-43,53,55,59H,8,10,12,15-16,18-20,23,26-29H2,1-7H3,(H,54,60)/t31-,40-,41-,42-,43+/m0/s1. The van der Waals surface area contributed by atoms with Gasteiger partial charge in [0, 0.05) is 74.3 Å². The van der Waals surface area contributed by atoms with E-state index >= 15 is 0 Å². The molecule has 0 unspecified atom stereocenters. The SMILES string of the molecule is CCn1c(-c2cccnc2[C@H](C)OC)c2c3cc(ccc31)-c1cc(O)cc(c1)C[C@H](NC(=O)[C@@H](COC1CCN(C(=O)[C@H]3CN3)CC1)C(C)C)C(=O)N1CCC[C@H](N1)C(=O)OCC(C)(C)C2. The Morgan fingerprint density at radius 3 is 2.52 bits per heavy atom. The van der Waals surface area contributed by atoms with Crippen LogP contribution in [0.25, 0.3) is 33.3 Å². The number of hydrazine groups is 1. The van der Waals surface area contributed by atoms with Gasteiger partial charge in [-0.05, 0) is 111 Å². The summed E-state index contributed by atoms with van der Waals surface area (Å²) in [5.74, 6) is -1.67. The Hall–Kier alpha value is -5.35. The van der Waals surface area contributed by atoms with Crippen molar-refractivity contribution >= 4 is 34.6 Å². The third-order valence-corrected chi connectivity index (χ3v) is 13.8. The Kier molecular flexibility index (Phi) is 14.2. The quantitative estimate of drug-likeness (QED) is 0.107. The average molecular weight is 906 g/mol. The van der Waals surface area contributed by atoms with Crippen LogP contribution in [0.4, 0.5) is 0 Å². The van der Waals surface area contributed by atoms with Gasteiger partial charge in [0.15, 0.2) is 0 Å². The van der Waals surface area contributed by atoms with E-state index in [2.05, 4.69) is 65.7 Å². The van der Waals surface area contributed by atoms with Crippen molar-refractivity contribution in [3.05, 3.63) is 71.5 Å². The molecule has 0 saturated carbocycles. The zero-order chi connectivity index (χ0) is 46.9. The number of piperidine rings is 1. The largest absolute Gasteiger partial charge is 0.508 e. The minimum absolute atomic E-state index is 0.0322. The highest BCUT2D eigenvalue weighted by molar-refractivity contribution is 5.96. The summed E-state index contributed by atoms with van der Waals surface area (Å²) in [7, 11) is 1.68. The zero-order valence-electron chi connectivity index (χ0n) is 39.5. The molecule has 4 aliphatic rings. The van der Waals surface area contributed by atoms with Crippen molar-refractivity contribution in [2.24, 2.45) is 17.3 Å². The van der Waals surface area contributed by atoms with Crippen LogP contribution in [-0.4, -0.2) is 119 Å². The first-order valence-electron chi connectivity index (χ1n) is 23.8. The van der Waals surface area contributed by atoms with E-state index in [-0.39, 0.29) is 61.4 Å². The number of pyridine rings is 1. The van der Waals surface area contributed by atoms with Gasteiger partial charge in [-0.25, -0.2) is 5.43 Å². The number of hydrogen-bond donors (Lipinski definition) is 4. The van der Waals surface area contributed by atoms with Crippen LogP contribution in [0.15, 0.2) is 54.7 Å². The van der Waals surface area contributed by atoms with Gasteiger partial charge in [0.1, 0.15) is 17.8 Å². The number of likely N-dealkylation sites (tertiary alicyclic amines) is 1. The highest BCUT2D eigenvalue weighted by Gasteiger charge is 2.38. The number of rotatable bonds is 11. The number of carbonyl (C=O) groups excluding carboxylic acids is 4. The number of aromatic nitrogens is 2. The van der Waals surface area contributed by atoms with Crippen molar-refractivity contribution in [3.63, 3.8) is 0 Å². The van der Waals surface area contributed by atoms with E-state index in [0.29, 0.717) is 63.8 Å². The van der Waals surface area contributed by atoms with E-state index in [1.165, 1.54) is 5.01 Å². The second kappa shape index (κ2) is 19.9. The number of esters is 1. The number of methoxy groups -OCH3 is 1. The molecule has 0 spiro atoms. The van der Waals surface area contributed by atoms with Crippen molar-refractivity contribution in [1.29, 1.82) is 0 Å². The fourth-order valence-electron chi connectivity index (χ4n) is 9.85. The minimum atomic E-state index is -1.04. The third-order valence-electron chi connectivity index (χ3n) is 13.8. The van der Waals surface area contributed by atoms with Crippen molar-refractivity contribution in [2.75, 3.05) is 46.5 Å². The van der Waals surface area contributed by atoms with Gasteiger partial charge >= 0.3 is 5.97 Å². The van der Waals surface area contributed by atoms with E-state index in [1.807, 2.05) is 37.8 Å². The number of phenols is 1. The van der Waals surface area contributed by atoms with Gasteiger partial charge in [0.2, 0.25) is 11.8 Å². The number of nitrogens with one attached hydrogen (secondary N) is 3. The van der Waals surface area contributed by atoms with Crippen LogP contribution in [0.2, 0.25) is 0 Å². The maximum atomic E-state index is 14.7. The lowest BCUT2D eigenvalue weighted by atomic mass is 9.84. The third kappa shape index (κ3) is 10.3. The Morgan fingerprint density at radius 1 is 1.03 bits per heavy atom. The molecule has 4 aliphatic heterocycles. The Morgan fingerprint density at radius 2 is 1.80 bits per heavy atom. The van der Waals surface area contributed by atoms with Gasteiger partial charge in [-0.2, -0.15) is 0 Å². The Labute approximate surface area is 387 Å². The first-order chi connectivity index (χ1) is 31.6. The molecule has 6 bridgehead atoms. The van der Waals surface area contributed by atoms with Gasteiger partial charge in [0.05, 0.1) is 48.8 Å². The summed E-state index contributed by atoms with van der Waals surface area (Å²) < 4.78 is 20.6. The van der Waals surface area contributed by atoms with Crippen molar-refractivity contribution < 1.29 is 38.5 Å². The normalized spacial score (nSPS) is 22.5. The molecule has 4 aromatic rings. The number of benzene rings is 2. The van der Waals surface area contributed by atoms with Crippen LogP contribution in [0.3, 0.4) is 0 Å². The maximum Gasteiger partial charge on any atom is 0.324 e. The molecule has 15 heteroatoms. The van der Waals surface area contributed by atoms with Gasteiger partial charge in [-0.15, -0.1) is 0 Å². The molecular formula is C51H67N7O8. The van der Waals surface area contributed by atoms with Crippen LogP contribution in [0, 0.1) is 17.3 Å². The molecule has 6 heterocycles.